The molecule has 2 heterocycles. The molecule has 6 rings (SSSR count). The number of nitrogen functional groups attached to an aromatic ring is 1. The van der Waals surface area contributed by atoms with E-state index >= 15 is 0 Å². The van der Waals surface area contributed by atoms with Gasteiger partial charge < -0.3 is 25.1 Å². The predicted octanol–water partition coefficient (Wildman–Crippen LogP) is 5.94. The van der Waals surface area contributed by atoms with Crippen molar-refractivity contribution in [1.29, 1.82) is 0 Å². The van der Waals surface area contributed by atoms with Crippen LogP contribution in [0.4, 0.5) is 5.69 Å². The van der Waals surface area contributed by atoms with Gasteiger partial charge in [0.15, 0.2) is 5.75 Å². The molecule has 2 aliphatic rings. The second-order valence-corrected chi connectivity index (χ2v) is 12.1. The molecule has 204 valence electrons. The predicted molar refractivity (Wildman–Crippen MR) is 160 cm³/mol. The van der Waals surface area contributed by atoms with Crippen LogP contribution in [0.15, 0.2) is 42.8 Å². The minimum Gasteiger partial charge on any atom is -0.507 e. The Bertz CT molecular complexity index is 1800. The number of carbonyl (C=O) groups is 1. The number of pyridine rings is 2. The maximum absolute atomic E-state index is 12.7. The molecular weight excluding hydrogens is 630 g/mol. The number of hydrogen-bond acceptors (Lipinski definition) is 6. The second-order valence-electron chi connectivity index (χ2n) is 10.4. The van der Waals surface area contributed by atoms with Gasteiger partial charge in [-0.1, -0.05) is 31.9 Å². The summed E-state index contributed by atoms with van der Waals surface area (Å²) in [4.78, 5) is 36.3. The molecule has 2 aliphatic carbocycles. The van der Waals surface area contributed by atoms with Crippen LogP contribution >= 0.6 is 31.9 Å². The number of anilines is 1. The first-order valence-electron chi connectivity index (χ1n) is 12.8. The van der Waals surface area contributed by atoms with Crippen LogP contribution in [-0.4, -0.2) is 25.1 Å². The largest absolute Gasteiger partial charge is 0.507 e. The zero-order valence-corrected chi connectivity index (χ0v) is 25.0. The van der Waals surface area contributed by atoms with Crippen molar-refractivity contribution in [3.05, 3.63) is 70.6 Å². The van der Waals surface area contributed by atoms with Crippen molar-refractivity contribution in [2.24, 2.45) is 0 Å². The van der Waals surface area contributed by atoms with Gasteiger partial charge in [0.2, 0.25) is 0 Å². The summed E-state index contributed by atoms with van der Waals surface area (Å²) >= 11 is 6.94. The van der Waals surface area contributed by atoms with Crippen LogP contribution in [0.5, 0.6) is 11.5 Å². The van der Waals surface area contributed by atoms with Gasteiger partial charge in [-0.15, -0.1) is 0 Å². The number of hydrogen-bond donors (Lipinski definition) is 3. The first-order chi connectivity index (χ1) is 18.4. The van der Waals surface area contributed by atoms with Crippen LogP contribution in [0, 0.1) is 13.8 Å². The summed E-state index contributed by atoms with van der Waals surface area (Å²) in [6, 6.07) is 7.70. The van der Waals surface area contributed by atoms with E-state index < -0.39 is 0 Å². The molecule has 4 N–H and O–H groups in total. The maximum atomic E-state index is 12.7. The first kappa shape index (κ1) is 27.5. The van der Waals surface area contributed by atoms with Gasteiger partial charge in [-0.25, -0.2) is 0 Å². The van der Waals surface area contributed by atoms with E-state index in [4.69, 9.17) is 5.73 Å². The highest BCUT2D eigenvalue weighted by Gasteiger charge is 2.31. The highest BCUT2D eigenvalue weighted by molar-refractivity contribution is 9.10. The monoisotopic (exact) mass is 657 g/mol. The molecule has 0 saturated heterocycles. The van der Waals surface area contributed by atoms with E-state index in [9.17, 15) is 24.6 Å². The number of nitrogens with zero attached hydrogens (tertiary/aromatic N) is 2. The van der Waals surface area contributed by atoms with E-state index in [0.29, 0.717) is 10.8 Å². The quantitative estimate of drug-likeness (QED) is 0.249. The Balaban J connectivity index is 0.000000160. The Kier molecular flexibility index (Phi) is 7.13. The minimum absolute atomic E-state index is 0.0254. The fourth-order valence-electron chi connectivity index (χ4n) is 5.11. The molecule has 8 nitrogen and oxygen atoms in total. The molecule has 4 aromatic rings. The fraction of sp³-hybridized carbons (Fsp3) is 0.345. The highest BCUT2D eigenvalue weighted by Crippen LogP contribution is 2.42. The molecule has 0 bridgehead atoms. The number of ketones is 1. The van der Waals surface area contributed by atoms with Crippen molar-refractivity contribution >= 4 is 65.1 Å². The van der Waals surface area contributed by atoms with Crippen molar-refractivity contribution in [3.8, 4) is 11.5 Å². The Labute approximate surface area is 241 Å². The Morgan fingerprint density at radius 2 is 1.28 bits per heavy atom. The van der Waals surface area contributed by atoms with Crippen molar-refractivity contribution in [2.75, 3.05) is 5.73 Å². The Morgan fingerprint density at radius 1 is 0.846 bits per heavy atom. The standard InChI is InChI=1S/C16H16BrNO3.C13H13BrN2O2/c1-8(19)7-12-15(20)11-5-6-13(17)9(2)14(11)18(16(12)21)10-3-4-10;1-6-9(14)5-4-8-11(6)16(7-2-3-7)13(18)10(15)12(8)17/h5-6,10,20H,3-4,7H2,1-2H3;4-5,7,17H,2-3,15H2,1H3. The summed E-state index contributed by atoms with van der Waals surface area (Å²) in [5, 5.41) is 21.7. The van der Waals surface area contributed by atoms with Gasteiger partial charge in [-0.2, -0.15) is 0 Å². The second kappa shape index (κ2) is 10.1. The molecule has 0 amide bonds. The van der Waals surface area contributed by atoms with Gasteiger partial charge >= 0.3 is 0 Å². The zero-order valence-electron chi connectivity index (χ0n) is 21.8. The molecule has 0 spiro atoms. The normalized spacial score (nSPS) is 14.9. The topological polar surface area (TPSA) is 128 Å². The molecule has 39 heavy (non-hydrogen) atoms. The number of Topliss-reactive ketones (excluding diaryl/α,β-unsaturated/α-hetero) is 1. The lowest BCUT2D eigenvalue weighted by molar-refractivity contribution is -0.116. The van der Waals surface area contributed by atoms with Gasteiger partial charge in [0, 0.05) is 38.2 Å². The van der Waals surface area contributed by atoms with Crippen LogP contribution in [0.25, 0.3) is 21.8 Å². The minimum atomic E-state index is -0.288. The van der Waals surface area contributed by atoms with Gasteiger partial charge in [-0.3, -0.25) is 14.4 Å². The van der Waals surface area contributed by atoms with E-state index in [2.05, 4.69) is 31.9 Å². The van der Waals surface area contributed by atoms with Gasteiger partial charge in [0.25, 0.3) is 11.1 Å². The highest BCUT2D eigenvalue weighted by atomic mass is 79.9. The first-order valence-corrected chi connectivity index (χ1v) is 14.4. The molecule has 2 aromatic carbocycles. The molecule has 2 aromatic heterocycles. The van der Waals surface area contributed by atoms with E-state index in [-0.39, 0.29) is 58.2 Å². The van der Waals surface area contributed by atoms with Crippen LogP contribution in [0.1, 0.15) is 61.4 Å². The lowest BCUT2D eigenvalue weighted by Crippen LogP contribution is -2.25. The van der Waals surface area contributed by atoms with E-state index in [1.54, 1.807) is 21.3 Å². The fourth-order valence-corrected chi connectivity index (χ4v) is 5.75. The Morgan fingerprint density at radius 3 is 1.72 bits per heavy atom. The average Bonchev–Trinajstić information content (AvgIpc) is 3.81. The molecular formula is C29H29Br2N3O5. The molecule has 0 unspecified atom stereocenters. The van der Waals surface area contributed by atoms with Crippen molar-refractivity contribution < 1.29 is 15.0 Å². The number of carbonyl (C=O) groups excluding carboxylic acids is 1. The van der Waals surface area contributed by atoms with Gasteiger partial charge in [0.05, 0.1) is 16.6 Å². The number of aryl methyl sites for hydroxylation is 2. The molecule has 0 aliphatic heterocycles. The third-order valence-corrected chi connectivity index (χ3v) is 9.16. The van der Waals surface area contributed by atoms with Crippen LogP contribution in [-0.2, 0) is 11.2 Å². The van der Waals surface area contributed by atoms with Crippen LogP contribution < -0.4 is 16.9 Å². The third kappa shape index (κ3) is 4.78. The number of fused-ring (bicyclic) bond motifs is 2. The van der Waals surface area contributed by atoms with E-state index in [1.807, 2.05) is 26.0 Å². The number of aromatic nitrogens is 2. The summed E-state index contributed by atoms with van der Waals surface area (Å²) in [7, 11) is 0. The van der Waals surface area contributed by atoms with Crippen molar-refractivity contribution in [1.82, 2.24) is 9.13 Å². The summed E-state index contributed by atoms with van der Waals surface area (Å²) < 4.78 is 5.31. The maximum Gasteiger partial charge on any atom is 0.278 e. The van der Waals surface area contributed by atoms with Gasteiger partial charge in [0.1, 0.15) is 17.2 Å². The number of nitrogens with two attached hydrogens (primary N) is 1. The molecule has 2 saturated carbocycles. The molecule has 2 fully saturated rings. The lowest BCUT2D eigenvalue weighted by atomic mass is 10.0. The summed E-state index contributed by atoms with van der Waals surface area (Å²) in [6.07, 6.45) is 3.88. The lowest BCUT2D eigenvalue weighted by Gasteiger charge is -2.16. The molecule has 10 heteroatoms. The summed E-state index contributed by atoms with van der Waals surface area (Å²) in [5.74, 6) is -0.293. The van der Waals surface area contributed by atoms with Crippen molar-refractivity contribution in [3.63, 3.8) is 0 Å². The third-order valence-electron chi connectivity index (χ3n) is 7.44. The number of rotatable bonds is 4. The van der Waals surface area contributed by atoms with Crippen LogP contribution in [0.2, 0.25) is 0 Å². The smallest absolute Gasteiger partial charge is 0.278 e. The van der Waals surface area contributed by atoms with E-state index in [1.165, 1.54) is 6.92 Å². The zero-order chi connectivity index (χ0) is 28.3. The van der Waals surface area contributed by atoms with Crippen LogP contribution in [0.3, 0.4) is 0 Å². The Hall–Kier alpha value is -3.11. The number of aromatic hydroxyl groups is 2. The van der Waals surface area contributed by atoms with E-state index in [0.717, 1.165) is 56.8 Å². The SMILES string of the molecule is CC(=O)Cc1c(O)c2ccc(Br)c(C)c2n(C2CC2)c1=O.Cc1c(Br)ccc2c(O)c(N)c(=O)n(C3CC3)c12. The summed E-state index contributed by atoms with van der Waals surface area (Å²) in [5.41, 5.74) is 8.76. The average molecular weight is 659 g/mol. The molecule has 0 radical (unpaired) electrons. The summed E-state index contributed by atoms with van der Waals surface area (Å²) in [6.45, 7) is 5.28. The van der Waals surface area contributed by atoms with Gasteiger partial charge in [-0.05, 0) is 81.8 Å². The van der Waals surface area contributed by atoms with Crippen molar-refractivity contribution in [2.45, 2.75) is 65.0 Å². The molecule has 0 atom stereocenters. The number of halogens is 2. The number of benzene rings is 2.